The lowest BCUT2D eigenvalue weighted by Crippen LogP contribution is -2.37. The number of carbonyl (C=O) groups excluding carboxylic acids is 1. The number of morpholine rings is 1. The van der Waals surface area contributed by atoms with Crippen molar-refractivity contribution in [2.24, 2.45) is 0 Å². The summed E-state index contributed by atoms with van der Waals surface area (Å²) in [4.78, 5) is 16.4. The summed E-state index contributed by atoms with van der Waals surface area (Å²) in [5.41, 5.74) is 2.34. The van der Waals surface area contributed by atoms with E-state index in [0.717, 1.165) is 36.5 Å². The number of nitrogens with zero attached hydrogens (tertiary/aromatic N) is 2. The lowest BCUT2D eigenvalue weighted by Gasteiger charge is -2.31. The molecule has 1 aliphatic rings. The van der Waals surface area contributed by atoms with Crippen LogP contribution in [-0.2, 0) is 11.3 Å². The number of halogens is 3. The van der Waals surface area contributed by atoms with Gasteiger partial charge >= 0.3 is 6.36 Å². The number of hydrogen-bond acceptors (Lipinski definition) is 4. The van der Waals surface area contributed by atoms with E-state index in [1.54, 1.807) is 11.9 Å². The predicted molar refractivity (Wildman–Crippen MR) is 98.4 cm³/mol. The number of amides is 1. The maximum atomic E-state index is 12.7. The molecule has 0 spiro atoms. The molecule has 1 amide bonds. The van der Waals surface area contributed by atoms with Crippen molar-refractivity contribution in [2.75, 3.05) is 38.3 Å². The SMILES string of the molecule is CN(Cc1ccccc1N1CCOCC1)C(=O)c1ccc(OC(F)(F)F)cc1. The van der Waals surface area contributed by atoms with E-state index in [1.165, 1.54) is 12.1 Å². The standard InChI is InChI=1S/C20H21F3N2O3/c1-24(19(26)15-6-8-17(9-7-15)28-20(21,22)23)14-16-4-2-3-5-18(16)25-10-12-27-13-11-25/h2-9H,10-14H2,1H3. The summed E-state index contributed by atoms with van der Waals surface area (Å²) in [7, 11) is 1.67. The molecule has 0 N–H and O–H groups in total. The van der Waals surface area contributed by atoms with Gasteiger partial charge in [0.2, 0.25) is 0 Å². The average Bonchev–Trinajstić information content (AvgIpc) is 2.68. The molecule has 28 heavy (non-hydrogen) atoms. The second kappa shape index (κ2) is 8.52. The van der Waals surface area contributed by atoms with Crippen LogP contribution in [-0.4, -0.2) is 50.5 Å². The van der Waals surface area contributed by atoms with Crippen LogP contribution in [0.1, 0.15) is 15.9 Å². The van der Waals surface area contributed by atoms with Gasteiger partial charge in [-0.15, -0.1) is 13.2 Å². The van der Waals surface area contributed by atoms with Gasteiger partial charge in [0.25, 0.3) is 5.91 Å². The number of para-hydroxylation sites is 1. The van der Waals surface area contributed by atoms with Crippen LogP contribution in [0.5, 0.6) is 5.75 Å². The Bertz CT molecular complexity index is 803. The molecule has 0 bridgehead atoms. The highest BCUT2D eigenvalue weighted by Gasteiger charge is 2.31. The first-order valence-electron chi connectivity index (χ1n) is 8.85. The molecule has 0 aliphatic carbocycles. The third-order valence-corrected chi connectivity index (χ3v) is 4.43. The minimum atomic E-state index is -4.76. The number of carbonyl (C=O) groups is 1. The van der Waals surface area contributed by atoms with Gasteiger partial charge in [-0.05, 0) is 35.9 Å². The van der Waals surface area contributed by atoms with Crippen LogP contribution in [0.2, 0.25) is 0 Å². The number of alkyl halides is 3. The fraction of sp³-hybridized carbons (Fsp3) is 0.350. The van der Waals surface area contributed by atoms with Crippen molar-refractivity contribution in [3.05, 3.63) is 59.7 Å². The van der Waals surface area contributed by atoms with Crippen molar-refractivity contribution in [1.29, 1.82) is 0 Å². The monoisotopic (exact) mass is 394 g/mol. The maximum Gasteiger partial charge on any atom is 0.573 e. The normalized spacial score (nSPS) is 14.6. The Labute approximate surface area is 161 Å². The van der Waals surface area contributed by atoms with E-state index in [9.17, 15) is 18.0 Å². The zero-order valence-electron chi connectivity index (χ0n) is 15.4. The van der Waals surface area contributed by atoms with E-state index in [2.05, 4.69) is 9.64 Å². The van der Waals surface area contributed by atoms with Crippen LogP contribution < -0.4 is 9.64 Å². The summed E-state index contributed by atoms with van der Waals surface area (Å²) in [6, 6.07) is 12.8. The van der Waals surface area contributed by atoms with Gasteiger partial charge in [-0.25, -0.2) is 0 Å². The molecule has 1 aliphatic heterocycles. The predicted octanol–water partition coefficient (Wildman–Crippen LogP) is 3.69. The molecule has 0 saturated carbocycles. The molecule has 0 unspecified atom stereocenters. The summed E-state index contributed by atoms with van der Waals surface area (Å²) < 4.78 is 46.0. The Balaban J connectivity index is 1.69. The first kappa shape index (κ1) is 20.0. The number of ether oxygens (including phenoxy) is 2. The van der Waals surface area contributed by atoms with Crippen LogP contribution in [0.4, 0.5) is 18.9 Å². The fourth-order valence-electron chi connectivity index (χ4n) is 3.10. The van der Waals surface area contributed by atoms with Crippen LogP contribution in [0.15, 0.2) is 48.5 Å². The molecule has 1 saturated heterocycles. The van der Waals surface area contributed by atoms with Crippen molar-refractivity contribution in [1.82, 2.24) is 4.90 Å². The molecular weight excluding hydrogens is 373 g/mol. The number of benzene rings is 2. The van der Waals surface area contributed by atoms with Crippen molar-refractivity contribution >= 4 is 11.6 Å². The van der Waals surface area contributed by atoms with E-state index in [1.807, 2.05) is 24.3 Å². The minimum Gasteiger partial charge on any atom is -0.406 e. The van der Waals surface area contributed by atoms with Crippen LogP contribution in [0.3, 0.4) is 0 Å². The zero-order valence-corrected chi connectivity index (χ0v) is 15.4. The molecule has 150 valence electrons. The van der Waals surface area contributed by atoms with E-state index < -0.39 is 6.36 Å². The summed E-state index contributed by atoms with van der Waals surface area (Å²) in [6.07, 6.45) is -4.76. The van der Waals surface area contributed by atoms with E-state index in [0.29, 0.717) is 25.3 Å². The van der Waals surface area contributed by atoms with Gasteiger partial charge in [0.05, 0.1) is 13.2 Å². The quantitative estimate of drug-likeness (QED) is 0.776. The Morgan fingerprint density at radius 3 is 2.39 bits per heavy atom. The second-order valence-corrected chi connectivity index (χ2v) is 6.46. The van der Waals surface area contributed by atoms with Crippen molar-refractivity contribution < 1.29 is 27.4 Å². The lowest BCUT2D eigenvalue weighted by molar-refractivity contribution is -0.274. The maximum absolute atomic E-state index is 12.7. The van der Waals surface area contributed by atoms with Crippen molar-refractivity contribution in [3.63, 3.8) is 0 Å². The molecule has 0 atom stereocenters. The van der Waals surface area contributed by atoms with Crippen molar-refractivity contribution in [3.8, 4) is 5.75 Å². The third-order valence-electron chi connectivity index (χ3n) is 4.43. The van der Waals surface area contributed by atoms with Gasteiger partial charge in [-0.1, -0.05) is 18.2 Å². The molecule has 0 radical (unpaired) electrons. The topological polar surface area (TPSA) is 42.0 Å². The van der Waals surface area contributed by atoms with E-state index in [-0.39, 0.29) is 11.7 Å². The molecule has 2 aromatic rings. The van der Waals surface area contributed by atoms with Gasteiger partial charge in [-0.3, -0.25) is 4.79 Å². The van der Waals surface area contributed by atoms with Gasteiger partial charge in [0, 0.05) is 37.9 Å². The summed E-state index contributed by atoms with van der Waals surface area (Å²) in [6.45, 7) is 3.28. The van der Waals surface area contributed by atoms with Gasteiger partial charge in [0.15, 0.2) is 0 Å². The van der Waals surface area contributed by atoms with E-state index >= 15 is 0 Å². The molecule has 3 rings (SSSR count). The number of anilines is 1. The summed E-state index contributed by atoms with van der Waals surface area (Å²) in [5, 5.41) is 0. The number of hydrogen-bond donors (Lipinski definition) is 0. The molecular formula is C20H21F3N2O3. The lowest BCUT2D eigenvalue weighted by atomic mass is 10.1. The summed E-state index contributed by atoms with van der Waals surface area (Å²) >= 11 is 0. The Morgan fingerprint density at radius 1 is 1.11 bits per heavy atom. The minimum absolute atomic E-state index is 0.282. The number of rotatable bonds is 5. The van der Waals surface area contributed by atoms with Crippen molar-refractivity contribution in [2.45, 2.75) is 12.9 Å². The van der Waals surface area contributed by atoms with Gasteiger partial charge in [0.1, 0.15) is 5.75 Å². The Morgan fingerprint density at radius 2 is 1.75 bits per heavy atom. The highest BCUT2D eigenvalue weighted by Crippen LogP contribution is 2.25. The Kier molecular flexibility index (Phi) is 6.08. The van der Waals surface area contributed by atoms with E-state index in [4.69, 9.17) is 4.74 Å². The molecule has 8 heteroatoms. The van der Waals surface area contributed by atoms with Gasteiger partial charge in [-0.2, -0.15) is 0 Å². The van der Waals surface area contributed by atoms with Crippen LogP contribution in [0.25, 0.3) is 0 Å². The molecule has 1 heterocycles. The largest absolute Gasteiger partial charge is 0.573 e. The molecule has 5 nitrogen and oxygen atoms in total. The summed E-state index contributed by atoms with van der Waals surface area (Å²) in [5.74, 6) is -0.639. The highest BCUT2D eigenvalue weighted by atomic mass is 19.4. The van der Waals surface area contributed by atoms with Crippen LogP contribution in [0, 0.1) is 0 Å². The molecule has 1 fully saturated rings. The van der Waals surface area contributed by atoms with Crippen LogP contribution >= 0.6 is 0 Å². The molecule has 2 aromatic carbocycles. The van der Waals surface area contributed by atoms with Gasteiger partial charge < -0.3 is 19.3 Å². The average molecular weight is 394 g/mol. The highest BCUT2D eigenvalue weighted by molar-refractivity contribution is 5.94. The smallest absolute Gasteiger partial charge is 0.406 e. The molecule has 0 aromatic heterocycles. The Hall–Kier alpha value is -2.74. The first-order chi connectivity index (χ1) is 13.3. The first-order valence-corrected chi connectivity index (χ1v) is 8.85. The third kappa shape index (κ3) is 5.16. The second-order valence-electron chi connectivity index (χ2n) is 6.46. The fourth-order valence-corrected chi connectivity index (χ4v) is 3.10. The zero-order chi connectivity index (χ0) is 20.1.